The average molecular weight is 360 g/mol. The number of hydrogen-bond donors (Lipinski definition) is 1. The normalized spacial score (nSPS) is 18.4. The van der Waals surface area contributed by atoms with E-state index in [0.717, 1.165) is 43.2 Å². The molecule has 0 spiro atoms. The van der Waals surface area contributed by atoms with Crippen LogP contribution < -0.4 is 15.5 Å². The van der Waals surface area contributed by atoms with Gasteiger partial charge in [-0.25, -0.2) is 9.97 Å². The number of thioether (sulfide) groups is 1. The van der Waals surface area contributed by atoms with Crippen LogP contribution in [-0.4, -0.2) is 75.8 Å². The summed E-state index contributed by atoms with van der Waals surface area (Å²) in [6.07, 6.45) is 3.30. The lowest BCUT2D eigenvalue weighted by Gasteiger charge is -2.30. The first kappa shape index (κ1) is 16.3. The molecule has 0 radical (unpaired) electrons. The Morgan fingerprint density at radius 2 is 1.48 bits per heavy atom. The van der Waals surface area contributed by atoms with E-state index in [-0.39, 0.29) is 5.95 Å². The fraction of sp³-hybridized carbons (Fsp3) is 0.533. The molecule has 9 nitrogen and oxygen atoms in total. The smallest absolute Gasteiger partial charge is 0.230 e. The summed E-state index contributed by atoms with van der Waals surface area (Å²) in [7, 11) is 0. The summed E-state index contributed by atoms with van der Waals surface area (Å²) in [5.41, 5.74) is 6.33. The number of anilines is 3. The fourth-order valence-corrected chi connectivity index (χ4v) is 3.65. The van der Waals surface area contributed by atoms with E-state index in [1.165, 1.54) is 0 Å². The molecule has 2 N–H and O–H groups in total. The summed E-state index contributed by atoms with van der Waals surface area (Å²) < 4.78 is 5.44. The lowest BCUT2D eigenvalue weighted by Crippen LogP contribution is -2.39. The summed E-state index contributed by atoms with van der Waals surface area (Å²) >= 11 is 1.95. The SMILES string of the molecule is Nc1ncc(-c2nc(N3CCOCC3)nc(N3CCSCC3)n2)cn1. The molecule has 0 aliphatic carbocycles. The molecule has 0 unspecified atom stereocenters. The van der Waals surface area contributed by atoms with Crippen molar-refractivity contribution in [2.24, 2.45) is 0 Å². The van der Waals surface area contributed by atoms with Gasteiger partial charge in [-0.2, -0.15) is 26.7 Å². The van der Waals surface area contributed by atoms with Crippen LogP contribution in [0.5, 0.6) is 0 Å². The number of morpholine rings is 1. The maximum atomic E-state index is 5.59. The molecule has 2 aromatic rings. The highest BCUT2D eigenvalue weighted by Gasteiger charge is 2.21. The number of rotatable bonds is 3. The van der Waals surface area contributed by atoms with E-state index in [9.17, 15) is 0 Å². The number of nitrogens with two attached hydrogens (primary N) is 1. The maximum Gasteiger partial charge on any atom is 0.230 e. The van der Waals surface area contributed by atoms with Crippen molar-refractivity contribution in [3.05, 3.63) is 12.4 Å². The Kier molecular flexibility index (Phi) is 4.79. The second-order valence-corrected chi connectivity index (χ2v) is 7.01. The molecular formula is C15H20N8OS. The van der Waals surface area contributed by atoms with E-state index >= 15 is 0 Å². The summed E-state index contributed by atoms with van der Waals surface area (Å²) in [6, 6.07) is 0. The monoisotopic (exact) mass is 360 g/mol. The van der Waals surface area contributed by atoms with E-state index in [0.29, 0.717) is 30.9 Å². The van der Waals surface area contributed by atoms with Gasteiger partial charge in [-0.3, -0.25) is 0 Å². The fourth-order valence-electron chi connectivity index (χ4n) is 2.75. The molecule has 25 heavy (non-hydrogen) atoms. The molecular weight excluding hydrogens is 340 g/mol. The molecule has 2 fully saturated rings. The number of aromatic nitrogens is 5. The van der Waals surface area contributed by atoms with Crippen molar-refractivity contribution < 1.29 is 4.74 Å². The van der Waals surface area contributed by atoms with Crippen molar-refractivity contribution in [1.82, 2.24) is 24.9 Å². The molecule has 4 rings (SSSR count). The van der Waals surface area contributed by atoms with Gasteiger partial charge in [0.1, 0.15) is 0 Å². The Morgan fingerprint density at radius 1 is 0.880 bits per heavy atom. The first-order valence-corrected chi connectivity index (χ1v) is 9.44. The van der Waals surface area contributed by atoms with Gasteiger partial charge in [-0.1, -0.05) is 0 Å². The Labute approximate surface area is 150 Å². The third-order valence-electron chi connectivity index (χ3n) is 4.13. The first-order chi connectivity index (χ1) is 12.3. The van der Waals surface area contributed by atoms with Gasteiger partial charge >= 0.3 is 0 Å². The Hall–Kier alpha value is -2.20. The van der Waals surface area contributed by atoms with Gasteiger partial charge in [-0.05, 0) is 0 Å². The molecule has 0 amide bonds. The van der Waals surface area contributed by atoms with E-state index < -0.39 is 0 Å². The Balaban J connectivity index is 1.72. The molecule has 2 aromatic heterocycles. The van der Waals surface area contributed by atoms with E-state index in [2.05, 4.69) is 29.7 Å². The second kappa shape index (κ2) is 7.36. The number of hydrogen-bond acceptors (Lipinski definition) is 10. The summed E-state index contributed by atoms with van der Waals surface area (Å²) in [4.78, 5) is 26.5. The van der Waals surface area contributed by atoms with Gasteiger partial charge in [0, 0.05) is 50.1 Å². The third kappa shape index (κ3) is 3.74. The number of ether oxygens (including phenoxy) is 1. The van der Waals surface area contributed by atoms with Gasteiger partial charge < -0.3 is 20.3 Å². The molecule has 4 heterocycles. The van der Waals surface area contributed by atoms with Gasteiger partial charge in [-0.15, -0.1) is 0 Å². The predicted octanol–water partition coefficient (Wildman–Crippen LogP) is 0.301. The predicted molar refractivity (Wildman–Crippen MR) is 97.8 cm³/mol. The minimum atomic E-state index is 0.236. The molecule has 132 valence electrons. The minimum absolute atomic E-state index is 0.236. The second-order valence-electron chi connectivity index (χ2n) is 5.79. The van der Waals surface area contributed by atoms with E-state index in [4.69, 9.17) is 15.5 Å². The zero-order valence-electron chi connectivity index (χ0n) is 13.8. The third-order valence-corrected chi connectivity index (χ3v) is 5.07. The topological polar surface area (TPSA) is 106 Å². The molecule has 0 aromatic carbocycles. The zero-order chi connectivity index (χ0) is 17.1. The van der Waals surface area contributed by atoms with Crippen molar-refractivity contribution in [2.45, 2.75) is 0 Å². The average Bonchev–Trinajstić information content (AvgIpc) is 2.69. The van der Waals surface area contributed by atoms with Gasteiger partial charge in [0.05, 0.1) is 18.8 Å². The maximum absolute atomic E-state index is 5.59. The quantitative estimate of drug-likeness (QED) is 0.821. The van der Waals surface area contributed by atoms with Crippen LogP contribution in [0.4, 0.5) is 17.8 Å². The summed E-state index contributed by atoms with van der Waals surface area (Å²) in [5.74, 6) is 4.36. The Morgan fingerprint density at radius 3 is 2.12 bits per heavy atom. The zero-order valence-corrected chi connectivity index (χ0v) is 14.7. The minimum Gasteiger partial charge on any atom is -0.378 e. The number of nitrogens with zero attached hydrogens (tertiary/aromatic N) is 7. The largest absolute Gasteiger partial charge is 0.378 e. The van der Waals surface area contributed by atoms with Crippen LogP contribution >= 0.6 is 11.8 Å². The van der Waals surface area contributed by atoms with Crippen molar-refractivity contribution in [2.75, 3.05) is 66.4 Å². The lowest BCUT2D eigenvalue weighted by molar-refractivity contribution is 0.122. The van der Waals surface area contributed by atoms with Crippen molar-refractivity contribution in [1.29, 1.82) is 0 Å². The highest BCUT2D eigenvalue weighted by Crippen LogP contribution is 2.23. The van der Waals surface area contributed by atoms with Gasteiger partial charge in [0.25, 0.3) is 0 Å². The van der Waals surface area contributed by atoms with Crippen LogP contribution in [0.2, 0.25) is 0 Å². The van der Waals surface area contributed by atoms with Crippen LogP contribution in [0.15, 0.2) is 12.4 Å². The molecule has 2 aliphatic heterocycles. The highest BCUT2D eigenvalue weighted by atomic mass is 32.2. The van der Waals surface area contributed by atoms with Crippen LogP contribution in [0.25, 0.3) is 11.4 Å². The van der Waals surface area contributed by atoms with Crippen molar-refractivity contribution in [3.63, 3.8) is 0 Å². The number of nitrogen functional groups attached to an aromatic ring is 1. The molecule has 2 saturated heterocycles. The van der Waals surface area contributed by atoms with Gasteiger partial charge in [0.2, 0.25) is 17.8 Å². The van der Waals surface area contributed by atoms with Crippen LogP contribution in [0.1, 0.15) is 0 Å². The summed E-state index contributed by atoms with van der Waals surface area (Å²) in [5, 5.41) is 0. The molecule has 0 atom stereocenters. The standard InChI is InChI=1S/C15H20N8OS/c16-13-17-9-11(10-18-13)12-19-14(22-1-5-24-6-2-22)21-15(20-12)23-3-7-25-8-4-23/h9-10H,1-8H2,(H2,16,17,18). The van der Waals surface area contributed by atoms with Crippen LogP contribution in [0.3, 0.4) is 0 Å². The summed E-state index contributed by atoms with van der Waals surface area (Å²) in [6.45, 7) is 4.79. The highest BCUT2D eigenvalue weighted by molar-refractivity contribution is 7.99. The van der Waals surface area contributed by atoms with Crippen molar-refractivity contribution >= 4 is 29.6 Å². The van der Waals surface area contributed by atoms with Crippen LogP contribution in [-0.2, 0) is 4.74 Å². The molecule has 10 heteroatoms. The van der Waals surface area contributed by atoms with Crippen LogP contribution in [0, 0.1) is 0 Å². The Bertz CT molecular complexity index is 680. The molecule has 2 aliphatic rings. The first-order valence-electron chi connectivity index (χ1n) is 8.29. The van der Waals surface area contributed by atoms with E-state index in [1.807, 2.05) is 11.8 Å². The molecule has 0 saturated carbocycles. The molecule has 0 bridgehead atoms. The lowest BCUT2D eigenvalue weighted by atomic mass is 10.3. The van der Waals surface area contributed by atoms with E-state index in [1.54, 1.807) is 12.4 Å². The van der Waals surface area contributed by atoms with Gasteiger partial charge in [0.15, 0.2) is 5.82 Å². The van der Waals surface area contributed by atoms with Crippen molar-refractivity contribution in [3.8, 4) is 11.4 Å².